The van der Waals surface area contributed by atoms with Crippen LogP contribution in [-0.2, 0) is 0 Å². The van der Waals surface area contributed by atoms with Gasteiger partial charge in [0, 0.05) is 0 Å². The lowest BCUT2D eigenvalue weighted by Crippen LogP contribution is -2.55. The maximum absolute atomic E-state index is 12.4. The molecule has 13 heavy (non-hydrogen) atoms. The van der Waals surface area contributed by atoms with E-state index in [4.69, 9.17) is 5.11 Å². The number of hydrogen-bond donors (Lipinski definition) is 1. The van der Waals surface area contributed by atoms with Crippen LogP contribution in [0.5, 0.6) is 0 Å². The van der Waals surface area contributed by atoms with Crippen LogP contribution < -0.4 is 0 Å². The standard InChI is InChI=1S/C4H2Cl2F6O/c5-3(10,4(6,11)12)2(8,9)1(7)13/h1,13H. The fourth-order valence-electron chi connectivity index (χ4n) is 0.339. The van der Waals surface area contributed by atoms with Gasteiger partial charge in [0.25, 0.3) is 6.36 Å². The molecule has 0 fully saturated rings. The van der Waals surface area contributed by atoms with Crippen molar-refractivity contribution in [3.63, 3.8) is 0 Å². The van der Waals surface area contributed by atoms with Crippen LogP contribution in [0.15, 0.2) is 0 Å². The van der Waals surface area contributed by atoms with Crippen LogP contribution in [0.4, 0.5) is 26.3 Å². The lowest BCUT2D eigenvalue weighted by molar-refractivity contribution is -0.249. The number of aliphatic hydroxyl groups is 1. The summed E-state index contributed by atoms with van der Waals surface area (Å²) in [5.74, 6) is -5.51. The van der Waals surface area contributed by atoms with E-state index < -0.39 is 22.8 Å². The van der Waals surface area contributed by atoms with Gasteiger partial charge in [-0.15, -0.1) is 0 Å². The van der Waals surface area contributed by atoms with Crippen LogP contribution in [0.3, 0.4) is 0 Å². The number of halogens is 8. The first-order valence-electron chi connectivity index (χ1n) is 2.59. The molecule has 0 aliphatic rings. The van der Waals surface area contributed by atoms with E-state index in [0.717, 1.165) is 0 Å². The maximum atomic E-state index is 12.4. The second-order valence-corrected chi connectivity index (χ2v) is 3.03. The first kappa shape index (κ1) is 13.1. The third-order valence-corrected chi connectivity index (χ3v) is 1.92. The number of rotatable bonds is 3. The highest BCUT2D eigenvalue weighted by atomic mass is 35.5. The molecule has 9 heteroatoms. The van der Waals surface area contributed by atoms with Crippen LogP contribution in [0, 0.1) is 0 Å². The van der Waals surface area contributed by atoms with Crippen LogP contribution in [0.2, 0.25) is 0 Å². The minimum Gasteiger partial charge on any atom is -0.359 e. The van der Waals surface area contributed by atoms with Crippen molar-refractivity contribution in [3.05, 3.63) is 0 Å². The lowest BCUT2D eigenvalue weighted by atomic mass is 10.2. The van der Waals surface area contributed by atoms with Gasteiger partial charge in [-0.25, -0.2) is 8.78 Å². The van der Waals surface area contributed by atoms with Crippen LogP contribution in [0.25, 0.3) is 0 Å². The molecule has 0 rings (SSSR count). The zero-order valence-corrected chi connectivity index (χ0v) is 7.06. The first-order chi connectivity index (χ1) is 5.44. The zero-order valence-electron chi connectivity index (χ0n) is 5.55. The van der Waals surface area contributed by atoms with E-state index in [-0.39, 0.29) is 0 Å². The van der Waals surface area contributed by atoms with Gasteiger partial charge in [-0.1, -0.05) is 11.6 Å². The van der Waals surface area contributed by atoms with Crippen molar-refractivity contribution in [1.82, 2.24) is 0 Å². The molecular formula is C4H2Cl2F6O. The predicted octanol–water partition coefficient (Wildman–Crippen LogP) is 2.65. The maximum Gasteiger partial charge on any atom is 0.375 e. The fourth-order valence-corrected chi connectivity index (χ4v) is 0.555. The predicted molar refractivity (Wildman–Crippen MR) is 32.6 cm³/mol. The summed E-state index contributed by atoms with van der Waals surface area (Å²) in [6.07, 6.45) is -4.18. The smallest absolute Gasteiger partial charge is 0.359 e. The normalized spacial score (nSPS) is 21.0. The second kappa shape index (κ2) is 3.36. The van der Waals surface area contributed by atoms with Gasteiger partial charge in [-0.3, -0.25) is 0 Å². The Kier molecular flexibility index (Phi) is 3.39. The van der Waals surface area contributed by atoms with Gasteiger partial charge in [-0.2, -0.15) is 17.6 Å². The molecule has 0 heterocycles. The molecule has 0 aliphatic heterocycles. The summed E-state index contributed by atoms with van der Waals surface area (Å²) in [5, 5.41) is -2.77. The Bertz CT molecular complexity index is 188. The summed E-state index contributed by atoms with van der Waals surface area (Å²) in [6.45, 7) is 0. The largest absolute Gasteiger partial charge is 0.375 e. The molecule has 0 aromatic heterocycles. The highest BCUT2D eigenvalue weighted by Gasteiger charge is 2.72. The van der Waals surface area contributed by atoms with E-state index in [9.17, 15) is 26.3 Å². The SMILES string of the molecule is OC(F)C(F)(F)C(F)(Cl)C(F)(F)Cl. The molecule has 0 amide bonds. The quantitative estimate of drug-likeness (QED) is 0.603. The molecule has 0 bridgehead atoms. The molecule has 0 saturated heterocycles. The Morgan fingerprint density at radius 3 is 1.38 bits per heavy atom. The van der Waals surface area contributed by atoms with Crippen molar-refractivity contribution in [2.75, 3.05) is 0 Å². The average molecular weight is 251 g/mol. The minimum atomic E-state index is -5.51. The van der Waals surface area contributed by atoms with Gasteiger partial charge in [0.2, 0.25) is 0 Å². The van der Waals surface area contributed by atoms with Gasteiger partial charge >= 0.3 is 16.4 Å². The van der Waals surface area contributed by atoms with Crippen molar-refractivity contribution in [2.45, 2.75) is 22.8 Å². The molecule has 80 valence electrons. The van der Waals surface area contributed by atoms with Crippen LogP contribution in [0.1, 0.15) is 0 Å². The van der Waals surface area contributed by atoms with Gasteiger partial charge in [0.1, 0.15) is 0 Å². The summed E-state index contributed by atoms with van der Waals surface area (Å²) in [7, 11) is 0. The molecule has 0 aliphatic carbocycles. The highest BCUT2D eigenvalue weighted by molar-refractivity contribution is 6.33. The van der Waals surface area contributed by atoms with Crippen molar-refractivity contribution in [3.8, 4) is 0 Å². The molecule has 2 atom stereocenters. The Morgan fingerprint density at radius 2 is 1.31 bits per heavy atom. The van der Waals surface area contributed by atoms with E-state index in [1.165, 1.54) is 0 Å². The van der Waals surface area contributed by atoms with Crippen LogP contribution in [-0.4, -0.2) is 27.9 Å². The third-order valence-electron chi connectivity index (χ3n) is 1.07. The van der Waals surface area contributed by atoms with E-state index in [2.05, 4.69) is 23.2 Å². The highest BCUT2D eigenvalue weighted by Crippen LogP contribution is 2.51. The molecular weight excluding hydrogens is 249 g/mol. The molecule has 0 radical (unpaired) electrons. The van der Waals surface area contributed by atoms with Crippen molar-refractivity contribution >= 4 is 23.2 Å². The number of hydrogen-bond acceptors (Lipinski definition) is 1. The summed E-state index contributed by atoms with van der Waals surface area (Å²) in [6, 6.07) is 0. The van der Waals surface area contributed by atoms with E-state index >= 15 is 0 Å². The lowest BCUT2D eigenvalue weighted by Gasteiger charge is -2.30. The molecule has 0 spiro atoms. The Hall–Kier alpha value is 0.120. The second-order valence-electron chi connectivity index (χ2n) is 2.03. The van der Waals surface area contributed by atoms with Gasteiger partial charge in [0.05, 0.1) is 0 Å². The van der Waals surface area contributed by atoms with E-state index in [1.807, 2.05) is 0 Å². The Morgan fingerprint density at radius 1 is 1.00 bits per heavy atom. The van der Waals surface area contributed by atoms with Crippen molar-refractivity contribution < 1.29 is 31.4 Å². The van der Waals surface area contributed by atoms with Gasteiger partial charge < -0.3 is 5.11 Å². The number of alkyl halides is 8. The van der Waals surface area contributed by atoms with Gasteiger partial charge in [-0.05, 0) is 11.6 Å². The fraction of sp³-hybridized carbons (Fsp3) is 1.00. The Labute approximate surface area is 78.2 Å². The average Bonchev–Trinajstić information content (AvgIpc) is 1.84. The summed E-state index contributed by atoms with van der Waals surface area (Å²) in [5.41, 5.74) is 0. The summed E-state index contributed by atoms with van der Waals surface area (Å²) >= 11 is 7.86. The summed E-state index contributed by atoms with van der Waals surface area (Å²) < 4.78 is 71.9. The third kappa shape index (κ3) is 2.13. The monoisotopic (exact) mass is 250 g/mol. The van der Waals surface area contributed by atoms with E-state index in [0.29, 0.717) is 0 Å². The van der Waals surface area contributed by atoms with Crippen molar-refractivity contribution in [1.29, 1.82) is 0 Å². The van der Waals surface area contributed by atoms with Gasteiger partial charge in [0.15, 0.2) is 0 Å². The molecule has 1 N–H and O–H groups in total. The van der Waals surface area contributed by atoms with Crippen molar-refractivity contribution in [2.24, 2.45) is 0 Å². The minimum absolute atomic E-state index is 3.86. The Balaban J connectivity index is 5.04. The van der Waals surface area contributed by atoms with Crippen LogP contribution >= 0.6 is 23.2 Å². The molecule has 1 nitrogen and oxygen atoms in total. The molecule has 0 aromatic rings. The first-order valence-corrected chi connectivity index (χ1v) is 3.34. The molecule has 2 unspecified atom stereocenters. The topological polar surface area (TPSA) is 20.2 Å². The van der Waals surface area contributed by atoms with E-state index in [1.54, 1.807) is 0 Å². The zero-order chi connectivity index (χ0) is 11.1. The summed E-state index contributed by atoms with van der Waals surface area (Å²) in [4.78, 5) is 0. The number of aliphatic hydroxyl groups excluding tert-OH is 1. The molecule has 0 saturated carbocycles. The molecule has 0 aromatic carbocycles.